The lowest BCUT2D eigenvalue weighted by atomic mass is 9.76. The van der Waals surface area contributed by atoms with E-state index in [-0.39, 0.29) is 23.7 Å². The van der Waals surface area contributed by atoms with Crippen LogP contribution in [-0.4, -0.2) is 39.9 Å². The maximum Gasteiger partial charge on any atom is 0.308 e. The number of nitrogens with one attached hydrogen (secondary N) is 2. The van der Waals surface area contributed by atoms with Gasteiger partial charge >= 0.3 is 5.97 Å². The van der Waals surface area contributed by atoms with E-state index in [1.165, 1.54) is 43.3 Å². The van der Waals surface area contributed by atoms with Crippen LogP contribution in [-0.2, 0) is 37.6 Å². The molecule has 3 aromatic rings. The normalized spacial score (nSPS) is 24.8. The third-order valence-electron chi connectivity index (χ3n) is 8.04. The first-order chi connectivity index (χ1) is 19.1. The van der Waals surface area contributed by atoms with Gasteiger partial charge in [0.1, 0.15) is 11.3 Å². The highest BCUT2D eigenvalue weighted by Crippen LogP contribution is 2.54. The molecule has 3 heterocycles. The van der Waals surface area contributed by atoms with Gasteiger partial charge in [-0.15, -0.1) is 0 Å². The summed E-state index contributed by atoms with van der Waals surface area (Å²) in [6.45, 7) is 3.27. The van der Waals surface area contributed by atoms with E-state index in [0.717, 1.165) is 16.9 Å². The molecule has 4 atom stereocenters. The van der Waals surface area contributed by atoms with E-state index in [1.54, 1.807) is 6.07 Å². The lowest BCUT2D eigenvalue weighted by Crippen LogP contribution is -2.53. The zero-order chi connectivity index (χ0) is 28.3. The van der Waals surface area contributed by atoms with Gasteiger partial charge in [0, 0.05) is 24.2 Å². The second-order valence-corrected chi connectivity index (χ2v) is 10.4. The Morgan fingerprint density at radius 1 is 0.950 bits per heavy atom. The molecule has 4 N–H and O–H groups in total. The minimum Gasteiger partial charge on any atom is -0.504 e. The van der Waals surface area contributed by atoms with Crippen LogP contribution in [0.2, 0.25) is 0 Å². The molecule has 10 heteroatoms. The topological polar surface area (TPSA) is 145 Å². The van der Waals surface area contributed by atoms with Gasteiger partial charge in [0.2, 0.25) is 17.7 Å². The Morgan fingerprint density at radius 3 is 2.35 bits per heavy atom. The zero-order valence-electron chi connectivity index (χ0n) is 21.8. The van der Waals surface area contributed by atoms with Gasteiger partial charge in [0.05, 0.1) is 17.5 Å². The summed E-state index contributed by atoms with van der Waals surface area (Å²) in [5.41, 5.74) is 1.63. The van der Waals surface area contributed by atoms with Gasteiger partial charge < -0.3 is 20.3 Å². The van der Waals surface area contributed by atoms with Gasteiger partial charge in [-0.25, -0.2) is 4.90 Å². The molecule has 40 heavy (non-hydrogen) atoms. The number of esters is 1. The molecule has 2 saturated heterocycles. The van der Waals surface area contributed by atoms with Crippen molar-refractivity contribution in [1.29, 1.82) is 0 Å². The van der Waals surface area contributed by atoms with E-state index < -0.39 is 47.1 Å². The van der Waals surface area contributed by atoms with Crippen molar-refractivity contribution >= 4 is 35.1 Å². The number of nitrogens with zero attached hydrogens (tertiary/aromatic N) is 1. The van der Waals surface area contributed by atoms with Crippen LogP contribution in [0.25, 0.3) is 0 Å². The first kappa shape index (κ1) is 25.6. The molecule has 204 valence electrons. The number of carbonyl (C=O) groups is 4. The fourth-order valence-corrected chi connectivity index (χ4v) is 6.28. The van der Waals surface area contributed by atoms with Crippen LogP contribution in [0.1, 0.15) is 30.5 Å². The molecule has 2 fully saturated rings. The van der Waals surface area contributed by atoms with E-state index in [0.29, 0.717) is 22.5 Å². The smallest absolute Gasteiger partial charge is 0.308 e. The average molecular weight is 542 g/mol. The Labute approximate surface area is 229 Å². The number of benzene rings is 3. The molecule has 10 nitrogen and oxygen atoms in total. The largest absolute Gasteiger partial charge is 0.504 e. The highest BCUT2D eigenvalue weighted by atomic mass is 16.5. The first-order valence-electron chi connectivity index (χ1n) is 13.0. The number of rotatable bonds is 5. The number of hydrogen-bond donors (Lipinski definition) is 4. The van der Waals surface area contributed by atoms with E-state index in [2.05, 4.69) is 10.6 Å². The molecule has 1 spiro atoms. The second kappa shape index (κ2) is 9.20. The van der Waals surface area contributed by atoms with Crippen molar-refractivity contribution in [3.8, 4) is 17.2 Å². The Bertz CT molecular complexity index is 1580. The summed E-state index contributed by atoms with van der Waals surface area (Å²) < 4.78 is 5.08. The van der Waals surface area contributed by atoms with Crippen molar-refractivity contribution in [2.45, 2.75) is 38.3 Å². The number of hydrogen-bond acceptors (Lipinski definition) is 8. The lowest BCUT2D eigenvalue weighted by molar-refractivity contribution is -0.132. The number of imide groups is 1. The molecular weight excluding hydrogens is 514 g/mol. The molecule has 3 aliphatic heterocycles. The quantitative estimate of drug-likeness (QED) is 0.167. The Balaban J connectivity index is 1.45. The molecule has 0 saturated carbocycles. The maximum absolute atomic E-state index is 14.2. The minimum absolute atomic E-state index is 0.213. The maximum atomic E-state index is 14.2. The molecule has 0 bridgehead atoms. The Kier molecular flexibility index (Phi) is 5.88. The predicted octanol–water partition coefficient (Wildman–Crippen LogP) is 2.75. The van der Waals surface area contributed by atoms with Gasteiger partial charge in [0.15, 0.2) is 11.5 Å². The summed E-state index contributed by atoms with van der Waals surface area (Å²) in [5, 5.41) is 26.1. The average Bonchev–Trinajstić information content (AvgIpc) is 3.50. The predicted molar refractivity (Wildman–Crippen MR) is 144 cm³/mol. The third-order valence-corrected chi connectivity index (χ3v) is 8.04. The number of phenolic OH excluding ortho intramolecular Hbond substituents is 2. The second-order valence-electron chi connectivity index (χ2n) is 10.4. The van der Waals surface area contributed by atoms with Gasteiger partial charge in [-0.2, -0.15) is 0 Å². The molecule has 3 aliphatic rings. The van der Waals surface area contributed by atoms with Crippen LogP contribution in [0.15, 0.2) is 60.7 Å². The highest BCUT2D eigenvalue weighted by molar-refractivity contribution is 6.25. The van der Waals surface area contributed by atoms with E-state index in [9.17, 15) is 29.4 Å². The molecule has 0 aromatic heterocycles. The lowest BCUT2D eigenvalue weighted by Gasteiger charge is -2.30. The summed E-state index contributed by atoms with van der Waals surface area (Å²) in [6, 6.07) is 15.4. The summed E-state index contributed by atoms with van der Waals surface area (Å²) in [5.74, 6) is -4.10. The summed E-state index contributed by atoms with van der Waals surface area (Å²) in [4.78, 5) is 54.4. The molecule has 2 unspecified atom stereocenters. The van der Waals surface area contributed by atoms with E-state index in [1.807, 2.05) is 25.1 Å². The number of ether oxygens (including phenoxy) is 1. The SMILES string of the molecule is CCc1ccc2c(c1)C1(NC(Cc3ccc(O)c(O)c3)[C@H]3C(=O)N(c4ccc(OC(C)=O)cc4)C(=O)[C@H]31)C(=O)N2. The summed E-state index contributed by atoms with van der Waals surface area (Å²) in [6.07, 6.45) is 0.931. The summed E-state index contributed by atoms with van der Waals surface area (Å²) in [7, 11) is 0. The summed E-state index contributed by atoms with van der Waals surface area (Å²) >= 11 is 0. The molecule has 6 rings (SSSR count). The van der Waals surface area contributed by atoms with Crippen LogP contribution in [0.4, 0.5) is 11.4 Å². The number of aromatic hydroxyl groups is 2. The standard InChI is InChI=1S/C30H27N3O7/c1-3-16-4-10-21-20(12-16)30(29(39)31-21)26-25(22(32-30)13-17-5-11-23(35)24(36)14-17)27(37)33(28(26)38)18-6-8-19(9-7-18)40-15(2)34/h4-12,14,22,25-26,32,35-36H,3,13H2,1-2H3,(H,31,39)/t22?,25-,26+,30?/m1/s1. The van der Waals surface area contributed by atoms with Gasteiger partial charge in [-0.1, -0.05) is 25.1 Å². The van der Waals surface area contributed by atoms with Crippen LogP contribution < -0.4 is 20.3 Å². The fraction of sp³-hybridized carbons (Fsp3) is 0.267. The number of phenols is 2. The third kappa shape index (κ3) is 3.75. The van der Waals surface area contributed by atoms with Crippen molar-refractivity contribution < 1.29 is 34.1 Å². The van der Waals surface area contributed by atoms with Crippen LogP contribution in [0.3, 0.4) is 0 Å². The molecule has 3 amide bonds. The molecular formula is C30H27N3O7. The van der Waals surface area contributed by atoms with Crippen molar-refractivity contribution in [1.82, 2.24) is 5.32 Å². The number of anilines is 2. The molecule has 0 radical (unpaired) electrons. The minimum atomic E-state index is -1.48. The van der Waals surface area contributed by atoms with Crippen molar-refractivity contribution in [3.63, 3.8) is 0 Å². The number of fused-ring (bicyclic) bond motifs is 4. The zero-order valence-corrected chi connectivity index (χ0v) is 21.8. The fourth-order valence-electron chi connectivity index (χ4n) is 6.28. The van der Waals surface area contributed by atoms with Crippen molar-refractivity contribution in [3.05, 3.63) is 77.4 Å². The van der Waals surface area contributed by atoms with Gasteiger partial charge in [0.25, 0.3) is 0 Å². The molecule has 0 aliphatic carbocycles. The number of aryl methyl sites for hydroxylation is 1. The molecule has 3 aromatic carbocycles. The van der Waals surface area contributed by atoms with Gasteiger partial charge in [-0.3, -0.25) is 24.5 Å². The number of carbonyl (C=O) groups excluding carboxylic acids is 4. The Morgan fingerprint density at radius 2 is 1.68 bits per heavy atom. The highest BCUT2D eigenvalue weighted by Gasteiger charge is 2.70. The van der Waals surface area contributed by atoms with Gasteiger partial charge in [-0.05, 0) is 66.4 Å². The monoisotopic (exact) mass is 541 g/mol. The van der Waals surface area contributed by atoms with E-state index in [4.69, 9.17) is 4.74 Å². The van der Waals surface area contributed by atoms with Crippen LogP contribution in [0.5, 0.6) is 17.2 Å². The van der Waals surface area contributed by atoms with Crippen molar-refractivity contribution in [2.75, 3.05) is 10.2 Å². The number of amides is 3. The van der Waals surface area contributed by atoms with Crippen LogP contribution in [0, 0.1) is 11.8 Å². The van der Waals surface area contributed by atoms with E-state index >= 15 is 0 Å². The Hall–Kier alpha value is -4.70. The van der Waals surface area contributed by atoms with Crippen molar-refractivity contribution in [2.24, 2.45) is 11.8 Å². The first-order valence-corrected chi connectivity index (χ1v) is 13.0. The van der Waals surface area contributed by atoms with Crippen LogP contribution >= 0.6 is 0 Å².